The van der Waals surface area contributed by atoms with Crippen molar-refractivity contribution in [3.63, 3.8) is 0 Å². The van der Waals surface area contributed by atoms with Crippen LogP contribution in [0.5, 0.6) is 0 Å². The molecule has 0 bridgehead atoms. The molecule has 0 radical (unpaired) electrons. The Kier molecular flexibility index (Phi) is 4.22. The van der Waals surface area contributed by atoms with Crippen molar-refractivity contribution in [1.29, 1.82) is 0 Å². The summed E-state index contributed by atoms with van der Waals surface area (Å²) in [6.07, 6.45) is 5.68. The number of likely N-dealkylation sites (tertiary alicyclic amines) is 1. The van der Waals surface area contributed by atoms with Crippen LogP contribution in [-0.4, -0.2) is 35.8 Å². The topological polar surface area (TPSA) is 89.4 Å². The van der Waals surface area contributed by atoms with Crippen LogP contribution in [0.4, 0.5) is 0 Å². The number of carbonyl (C=O) groups is 2. The maximum absolute atomic E-state index is 12.1. The number of amides is 2. The van der Waals surface area contributed by atoms with Gasteiger partial charge in [0.1, 0.15) is 0 Å². The molecule has 3 atom stereocenters. The van der Waals surface area contributed by atoms with Crippen molar-refractivity contribution in [1.82, 2.24) is 4.90 Å². The van der Waals surface area contributed by atoms with Crippen LogP contribution in [-0.2, 0) is 9.59 Å². The molecule has 5 nitrogen and oxygen atoms in total. The molecule has 2 rings (SSSR count). The molecule has 102 valence electrons. The summed E-state index contributed by atoms with van der Waals surface area (Å²) < 4.78 is 0. The Hall–Kier alpha value is -1.10. The van der Waals surface area contributed by atoms with Crippen molar-refractivity contribution in [3.05, 3.63) is 0 Å². The summed E-state index contributed by atoms with van der Waals surface area (Å²) >= 11 is 0. The first kappa shape index (κ1) is 13.3. The highest BCUT2D eigenvalue weighted by Gasteiger charge is 2.32. The Labute approximate surface area is 108 Å². The van der Waals surface area contributed by atoms with Crippen molar-refractivity contribution in [2.45, 2.75) is 44.6 Å². The predicted molar refractivity (Wildman–Crippen MR) is 68.4 cm³/mol. The highest BCUT2D eigenvalue weighted by atomic mass is 16.2. The summed E-state index contributed by atoms with van der Waals surface area (Å²) in [5, 5.41) is 0. The van der Waals surface area contributed by atoms with Crippen molar-refractivity contribution in [2.24, 2.45) is 23.3 Å². The number of primary amides is 1. The second-order valence-corrected chi connectivity index (χ2v) is 5.64. The molecule has 3 unspecified atom stereocenters. The van der Waals surface area contributed by atoms with E-state index in [0.29, 0.717) is 31.8 Å². The fourth-order valence-electron chi connectivity index (χ4n) is 3.06. The molecule has 2 aliphatic rings. The third-order valence-corrected chi connectivity index (χ3v) is 4.35. The lowest BCUT2D eigenvalue weighted by Gasteiger charge is -2.29. The maximum atomic E-state index is 12.1. The average molecular weight is 253 g/mol. The molecule has 1 aliphatic carbocycles. The minimum absolute atomic E-state index is 0.140. The molecule has 0 aromatic rings. The Balaban J connectivity index is 1.83. The molecule has 0 spiro atoms. The van der Waals surface area contributed by atoms with Crippen LogP contribution in [0.1, 0.15) is 38.5 Å². The summed E-state index contributed by atoms with van der Waals surface area (Å²) in [4.78, 5) is 25.0. The summed E-state index contributed by atoms with van der Waals surface area (Å²) in [5.41, 5.74) is 11.3. The second kappa shape index (κ2) is 5.69. The van der Waals surface area contributed by atoms with Crippen molar-refractivity contribution < 1.29 is 9.59 Å². The van der Waals surface area contributed by atoms with Gasteiger partial charge in [-0.15, -0.1) is 0 Å². The Morgan fingerprint density at radius 3 is 2.50 bits per heavy atom. The minimum atomic E-state index is -0.292. The van der Waals surface area contributed by atoms with Gasteiger partial charge in [0.05, 0.1) is 5.92 Å². The van der Waals surface area contributed by atoms with E-state index < -0.39 is 0 Å². The normalized spacial score (nSPS) is 32.5. The molecule has 0 aromatic carbocycles. The van der Waals surface area contributed by atoms with Gasteiger partial charge in [-0.05, 0) is 25.2 Å². The van der Waals surface area contributed by atoms with E-state index >= 15 is 0 Å². The van der Waals surface area contributed by atoms with E-state index in [9.17, 15) is 9.59 Å². The van der Waals surface area contributed by atoms with Crippen LogP contribution >= 0.6 is 0 Å². The van der Waals surface area contributed by atoms with Crippen LogP contribution in [0.2, 0.25) is 0 Å². The van der Waals surface area contributed by atoms with Crippen LogP contribution in [0.3, 0.4) is 0 Å². The molecule has 2 fully saturated rings. The first-order chi connectivity index (χ1) is 8.58. The van der Waals surface area contributed by atoms with E-state index in [0.717, 1.165) is 12.8 Å². The van der Waals surface area contributed by atoms with Gasteiger partial charge < -0.3 is 16.4 Å². The molecular formula is C13H23N3O2. The zero-order valence-corrected chi connectivity index (χ0v) is 10.8. The van der Waals surface area contributed by atoms with E-state index in [1.165, 1.54) is 12.8 Å². The van der Waals surface area contributed by atoms with Gasteiger partial charge in [-0.3, -0.25) is 9.59 Å². The van der Waals surface area contributed by atoms with Crippen LogP contribution in [0.25, 0.3) is 0 Å². The van der Waals surface area contributed by atoms with Crippen LogP contribution in [0, 0.1) is 11.8 Å². The van der Waals surface area contributed by atoms with Gasteiger partial charge in [-0.1, -0.05) is 12.8 Å². The molecule has 4 N–H and O–H groups in total. The highest BCUT2D eigenvalue weighted by Crippen LogP contribution is 2.27. The van der Waals surface area contributed by atoms with Crippen LogP contribution in [0.15, 0.2) is 0 Å². The fourth-order valence-corrected chi connectivity index (χ4v) is 3.06. The molecule has 2 amide bonds. The number of hydrogen-bond acceptors (Lipinski definition) is 3. The van der Waals surface area contributed by atoms with Crippen LogP contribution < -0.4 is 11.5 Å². The van der Waals surface area contributed by atoms with Gasteiger partial charge in [0.25, 0.3) is 0 Å². The third kappa shape index (κ3) is 3.02. The summed E-state index contributed by atoms with van der Waals surface area (Å²) in [6.45, 7) is 1.16. The monoisotopic (exact) mass is 253 g/mol. The minimum Gasteiger partial charge on any atom is -0.369 e. The number of nitrogens with two attached hydrogens (primary N) is 2. The highest BCUT2D eigenvalue weighted by molar-refractivity contribution is 5.81. The van der Waals surface area contributed by atoms with Gasteiger partial charge in [0.15, 0.2) is 0 Å². The molecule has 1 aliphatic heterocycles. The Bertz CT molecular complexity index is 332. The van der Waals surface area contributed by atoms with Gasteiger partial charge in [0.2, 0.25) is 11.8 Å². The fraction of sp³-hybridized carbons (Fsp3) is 0.846. The molecule has 5 heteroatoms. The van der Waals surface area contributed by atoms with Crippen molar-refractivity contribution in [3.8, 4) is 0 Å². The predicted octanol–water partition coefficient (Wildman–Crippen LogP) is 0.228. The molecule has 0 aromatic heterocycles. The molecule has 18 heavy (non-hydrogen) atoms. The lowest BCUT2D eigenvalue weighted by atomic mass is 9.83. The summed E-state index contributed by atoms with van der Waals surface area (Å²) in [7, 11) is 0. The standard InChI is InChI=1S/C13H23N3O2/c14-11-4-2-1-3-9(11)7-12(17)16-6-5-10(8-16)13(15)18/h9-11H,1-8,14H2,(H2,15,18). The van der Waals surface area contributed by atoms with E-state index in [1.807, 2.05) is 0 Å². The lowest BCUT2D eigenvalue weighted by Crippen LogP contribution is -2.38. The smallest absolute Gasteiger partial charge is 0.222 e. The van der Waals surface area contributed by atoms with Gasteiger partial charge in [0, 0.05) is 25.6 Å². The quantitative estimate of drug-likeness (QED) is 0.754. The van der Waals surface area contributed by atoms with Gasteiger partial charge in [-0.2, -0.15) is 0 Å². The van der Waals surface area contributed by atoms with E-state index in [1.54, 1.807) is 4.90 Å². The Morgan fingerprint density at radius 1 is 1.17 bits per heavy atom. The maximum Gasteiger partial charge on any atom is 0.222 e. The van der Waals surface area contributed by atoms with E-state index in [2.05, 4.69) is 0 Å². The zero-order chi connectivity index (χ0) is 13.1. The van der Waals surface area contributed by atoms with Gasteiger partial charge in [-0.25, -0.2) is 0 Å². The number of nitrogens with zero attached hydrogens (tertiary/aromatic N) is 1. The first-order valence-electron chi connectivity index (χ1n) is 6.90. The summed E-state index contributed by atoms with van der Waals surface area (Å²) in [5.74, 6) is 0.00799. The van der Waals surface area contributed by atoms with Crippen molar-refractivity contribution in [2.75, 3.05) is 13.1 Å². The summed E-state index contributed by atoms with van der Waals surface area (Å²) in [6, 6.07) is 0.164. The number of hydrogen-bond donors (Lipinski definition) is 2. The molecule has 1 saturated heterocycles. The number of carbonyl (C=O) groups excluding carboxylic acids is 2. The number of rotatable bonds is 3. The second-order valence-electron chi connectivity index (χ2n) is 5.64. The van der Waals surface area contributed by atoms with Gasteiger partial charge >= 0.3 is 0 Å². The SMILES string of the molecule is NC(=O)C1CCN(C(=O)CC2CCCCC2N)C1. The molecule has 1 heterocycles. The molecule has 1 saturated carbocycles. The largest absolute Gasteiger partial charge is 0.369 e. The lowest BCUT2D eigenvalue weighted by molar-refractivity contribution is -0.131. The third-order valence-electron chi connectivity index (χ3n) is 4.35. The first-order valence-corrected chi connectivity index (χ1v) is 6.90. The van der Waals surface area contributed by atoms with E-state index in [-0.39, 0.29) is 23.8 Å². The molecular weight excluding hydrogens is 230 g/mol. The zero-order valence-electron chi connectivity index (χ0n) is 10.8. The average Bonchev–Trinajstić information content (AvgIpc) is 2.81. The van der Waals surface area contributed by atoms with Crippen molar-refractivity contribution >= 4 is 11.8 Å². The Morgan fingerprint density at radius 2 is 1.89 bits per heavy atom. The van der Waals surface area contributed by atoms with E-state index in [4.69, 9.17) is 11.5 Å².